The number of H-pyrrole nitrogens is 1. The van der Waals surface area contributed by atoms with Crippen LogP contribution in [-0.4, -0.2) is 16.2 Å². The average molecular weight is 203 g/mol. The summed E-state index contributed by atoms with van der Waals surface area (Å²) in [5, 5.41) is 11.7. The Morgan fingerprint density at radius 3 is 2.80 bits per heavy atom. The van der Waals surface area contributed by atoms with Gasteiger partial charge in [-0.15, -0.1) is 0 Å². The number of fused-ring (bicyclic) bond motifs is 1. The van der Waals surface area contributed by atoms with E-state index in [9.17, 15) is 0 Å². The van der Waals surface area contributed by atoms with Crippen molar-refractivity contribution in [1.82, 2.24) is 10.2 Å². The van der Waals surface area contributed by atoms with Gasteiger partial charge in [0.25, 0.3) is 0 Å². The molecule has 0 saturated heterocycles. The van der Waals surface area contributed by atoms with Gasteiger partial charge < -0.3 is 5.32 Å². The first kappa shape index (κ1) is 10.0. The fraction of sp³-hybridized carbons (Fsp3) is 0.417. The quantitative estimate of drug-likeness (QED) is 0.805. The Kier molecular flexibility index (Phi) is 2.62. The van der Waals surface area contributed by atoms with Crippen molar-refractivity contribution in [2.45, 2.75) is 26.8 Å². The minimum atomic E-state index is 0.457. The predicted molar refractivity (Wildman–Crippen MR) is 64.0 cm³/mol. The van der Waals surface area contributed by atoms with Crippen LogP contribution in [0.25, 0.3) is 10.9 Å². The molecular weight excluding hydrogens is 186 g/mol. The van der Waals surface area contributed by atoms with Crippen molar-refractivity contribution >= 4 is 16.6 Å². The highest BCUT2D eigenvalue weighted by atomic mass is 15.1. The summed E-state index contributed by atoms with van der Waals surface area (Å²) in [5.41, 5.74) is 2.22. The van der Waals surface area contributed by atoms with E-state index in [0.717, 1.165) is 16.6 Å². The highest BCUT2D eigenvalue weighted by Gasteiger charge is 2.09. The first-order valence-electron chi connectivity index (χ1n) is 5.37. The zero-order chi connectivity index (χ0) is 10.8. The molecule has 0 unspecified atom stereocenters. The highest BCUT2D eigenvalue weighted by molar-refractivity contribution is 5.89. The lowest BCUT2D eigenvalue weighted by Crippen LogP contribution is -2.21. The van der Waals surface area contributed by atoms with Crippen LogP contribution >= 0.6 is 0 Å². The van der Waals surface area contributed by atoms with Crippen LogP contribution in [0, 0.1) is 5.92 Å². The second-order valence-electron chi connectivity index (χ2n) is 4.32. The summed E-state index contributed by atoms with van der Waals surface area (Å²) >= 11 is 0. The maximum Gasteiger partial charge on any atom is 0.0881 e. The van der Waals surface area contributed by atoms with E-state index in [1.54, 1.807) is 0 Å². The van der Waals surface area contributed by atoms with Crippen molar-refractivity contribution in [3.05, 3.63) is 24.4 Å². The molecule has 2 N–H and O–H groups in total. The van der Waals surface area contributed by atoms with Crippen molar-refractivity contribution in [1.29, 1.82) is 0 Å². The Labute approximate surface area is 89.9 Å². The molecule has 80 valence electrons. The molecule has 0 aliphatic rings. The number of aromatic nitrogens is 2. The number of hydrogen-bond donors (Lipinski definition) is 2. The number of nitrogens with one attached hydrogen (secondary N) is 2. The van der Waals surface area contributed by atoms with Gasteiger partial charge >= 0.3 is 0 Å². The predicted octanol–water partition coefficient (Wildman–Crippen LogP) is 3.02. The summed E-state index contributed by atoms with van der Waals surface area (Å²) < 4.78 is 0. The fourth-order valence-electron chi connectivity index (χ4n) is 1.50. The molecule has 3 nitrogen and oxygen atoms in total. The van der Waals surface area contributed by atoms with Crippen molar-refractivity contribution in [2.75, 3.05) is 5.32 Å². The molecule has 0 aliphatic heterocycles. The van der Waals surface area contributed by atoms with Gasteiger partial charge in [-0.05, 0) is 18.9 Å². The fourth-order valence-corrected chi connectivity index (χ4v) is 1.50. The van der Waals surface area contributed by atoms with E-state index in [4.69, 9.17) is 0 Å². The molecule has 15 heavy (non-hydrogen) atoms. The summed E-state index contributed by atoms with van der Waals surface area (Å²) in [5.74, 6) is 0.614. The zero-order valence-corrected chi connectivity index (χ0v) is 9.41. The summed E-state index contributed by atoms with van der Waals surface area (Å²) in [6.45, 7) is 6.62. The van der Waals surface area contributed by atoms with Crippen LogP contribution < -0.4 is 5.32 Å². The Morgan fingerprint density at radius 1 is 1.27 bits per heavy atom. The van der Waals surface area contributed by atoms with E-state index in [1.807, 2.05) is 12.3 Å². The van der Waals surface area contributed by atoms with Gasteiger partial charge in [-0.2, -0.15) is 5.10 Å². The third-order valence-corrected chi connectivity index (χ3v) is 2.86. The topological polar surface area (TPSA) is 40.7 Å². The van der Waals surface area contributed by atoms with E-state index >= 15 is 0 Å². The van der Waals surface area contributed by atoms with Crippen LogP contribution in [0.1, 0.15) is 20.8 Å². The van der Waals surface area contributed by atoms with Crippen LogP contribution in [0.15, 0.2) is 24.4 Å². The molecule has 0 fully saturated rings. The highest BCUT2D eigenvalue weighted by Crippen LogP contribution is 2.22. The van der Waals surface area contributed by atoms with E-state index in [1.165, 1.54) is 0 Å². The summed E-state index contributed by atoms with van der Waals surface area (Å²) in [6.07, 6.45) is 1.85. The van der Waals surface area contributed by atoms with Crippen molar-refractivity contribution in [3.63, 3.8) is 0 Å². The third kappa shape index (κ3) is 1.96. The number of nitrogens with zero attached hydrogens (tertiary/aromatic N) is 1. The second-order valence-corrected chi connectivity index (χ2v) is 4.32. The lowest BCUT2D eigenvalue weighted by atomic mass is 10.1. The molecule has 0 amide bonds. The molecule has 2 aromatic rings. The lowest BCUT2D eigenvalue weighted by molar-refractivity contribution is 0.560. The molecule has 1 heterocycles. The monoisotopic (exact) mass is 203 g/mol. The number of anilines is 1. The molecule has 0 saturated carbocycles. The summed E-state index contributed by atoms with van der Waals surface area (Å²) in [4.78, 5) is 0. The van der Waals surface area contributed by atoms with Crippen LogP contribution in [0.5, 0.6) is 0 Å². The van der Waals surface area contributed by atoms with Gasteiger partial charge in [0.1, 0.15) is 0 Å². The summed E-state index contributed by atoms with van der Waals surface area (Å²) in [7, 11) is 0. The van der Waals surface area contributed by atoms with Crippen LogP contribution in [0.3, 0.4) is 0 Å². The second kappa shape index (κ2) is 3.93. The molecule has 0 aliphatic carbocycles. The van der Waals surface area contributed by atoms with Gasteiger partial charge in [-0.25, -0.2) is 0 Å². The number of hydrogen-bond acceptors (Lipinski definition) is 2. The van der Waals surface area contributed by atoms with Crippen molar-refractivity contribution < 1.29 is 0 Å². The lowest BCUT2D eigenvalue weighted by Gasteiger charge is -2.19. The van der Waals surface area contributed by atoms with Gasteiger partial charge in [0.15, 0.2) is 0 Å². The average Bonchev–Trinajstić information content (AvgIpc) is 2.66. The molecule has 0 spiro atoms. The van der Waals surface area contributed by atoms with E-state index in [2.05, 4.69) is 48.4 Å². The summed E-state index contributed by atoms with van der Waals surface area (Å²) in [6, 6.07) is 6.65. The normalized spacial score (nSPS) is 13.3. The SMILES string of the molecule is CC(C)[C@@H](C)Nc1cccc2cn[nH]c12. The van der Waals surface area contributed by atoms with Gasteiger partial charge in [-0.3, -0.25) is 5.10 Å². The van der Waals surface area contributed by atoms with Crippen molar-refractivity contribution in [2.24, 2.45) is 5.92 Å². The maximum atomic E-state index is 4.05. The molecule has 1 atom stereocenters. The Morgan fingerprint density at radius 2 is 2.07 bits per heavy atom. The first-order valence-corrected chi connectivity index (χ1v) is 5.37. The Bertz CT molecular complexity index is 445. The molecule has 1 aromatic carbocycles. The van der Waals surface area contributed by atoms with Gasteiger partial charge in [0.05, 0.1) is 17.4 Å². The molecule has 1 aromatic heterocycles. The largest absolute Gasteiger partial charge is 0.381 e. The van der Waals surface area contributed by atoms with Gasteiger partial charge in [0, 0.05) is 11.4 Å². The van der Waals surface area contributed by atoms with Gasteiger partial charge in [0.2, 0.25) is 0 Å². The van der Waals surface area contributed by atoms with Crippen LogP contribution in [0.4, 0.5) is 5.69 Å². The van der Waals surface area contributed by atoms with Gasteiger partial charge in [-0.1, -0.05) is 26.0 Å². The molecule has 2 rings (SSSR count). The smallest absolute Gasteiger partial charge is 0.0881 e. The van der Waals surface area contributed by atoms with Crippen molar-refractivity contribution in [3.8, 4) is 0 Å². The molecular formula is C12H17N3. The third-order valence-electron chi connectivity index (χ3n) is 2.86. The minimum Gasteiger partial charge on any atom is -0.381 e. The first-order chi connectivity index (χ1) is 7.18. The number of rotatable bonds is 3. The molecule has 0 radical (unpaired) electrons. The maximum absolute atomic E-state index is 4.05. The number of aromatic amines is 1. The Balaban J connectivity index is 2.31. The van der Waals surface area contributed by atoms with Crippen LogP contribution in [-0.2, 0) is 0 Å². The molecule has 0 bridgehead atoms. The number of benzene rings is 1. The zero-order valence-electron chi connectivity index (χ0n) is 9.41. The standard InChI is InChI=1S/C12H17N3/c1-8(2)9(3)14-11-6-4-5-10-7-13-15-12(10)11/h4-9,14H,1-3H3,(H,13,15)/t9-/m1/s1. The van der Waals surface area contributed by atoms with Crippen LogP contribution in [0.2, 0.25) is 0 Å². The Hall–Kier alpha value is -1.51. The van der Waals surface area contributed by atoms with E-state index in [0.29, 0.717) is 12.0 Å². The van der Waals surface area contributed by atoms with E-state index < -0.39 is 0 Å². The van der Waals surface area contributed by atoms with E-state index in [-0.39, 0.29) is 0 Å². The minimum absolute atomic E-state index is 0.457. The molecule has 3 heteroatoms. The number of para-hydroxylation sites is 1.